The highest BCUT2D eigenvalue weighted by Gasteiger charge is 2.32. The quantitative estimate of drug-likeness (QED) is 0.160. The van der Waals surface area contributed by atoms with Crippen LogP contribution in [0.15, 0.2) is 146 Å². The summed E-state index contributed by atoms with van der Waals surface area (Å²) >= 11 is 0. The molecule has 2 nitrogen and oxygen atoms in total. The second kappa shape index (κ2) is 12.3. The summed E-state index contributed by atoms with van der Waals surface area (Å²) in [6.45, 7) is 9.74. The van der Waals surface area contributed by atoms with Gasteiger partial charge in [-0.25, -0.2) is 0 Å². The first-order valence-corrected chi connectivity index (χ1v) is 20.6. The second-order valence-electron chi connectivity index (χ2n) is 18.2. The number of aromatic nitrogens is 2. The molecule has 2 aliphatic carbocycles. The molecule has 2 heteroatoms. The van der Waals surface area contributed by atoms with Crippen LogP contribution in [0.4, 0.5) is 0 Å². The molecule has 2 heterocycles. The highest BCUT2D eigenvalue weighted by atomic mass is 15.0. The van der Waals surface area contributed by atoms with Crippen LogP contribution in [-0.4, -0.2) is 9.13 Å². The fourth-order valence-corrected chi connectivity index (χ4v) is 10.6. The van der Waals surface area contributed by atoms with E-state index in [1.807, 2.05) is 0 Å². The maximum absolute atomic E-state index is 2.59. The Balaban J connectivity index is 1.24. The van der Waals surface area contributed by atoms with E-state index in [2.05, 4.69) is 182 Å². The van der Waals surface area contributed by atoms with Crippen molar-refractivity contribution in [2.45, 2.75) is 66.2 Å². The van der Waals surface area contributed by atoms with Gasteiger partial charge in [-0.1, -0.05) is 137 Å². The summed E-state index contributed by atoms with van der Waals surface area (Å²) in [5.41, 5.74) is 16.8. The first-order chi connectivity index (χ1) is 27.2. The lowest BCUT2D eigenvalue weighted by Crippen LogP contribution is -2.23. The molecule has 274 valence electrons. The zero-order valence-electron chi connectivity index (χ0n) is 33.0. The highest BCUT2D eigenvalue weighted by Crippen LogP contribution is 2.48. The molecule has 0 atom stereocenters. The number of hydrogen-bond donors (Lipinski definition) is 0. The molecule has 7 aromatic carbocycles. The van der Waals surface area contributed by atoms with Crippen molar-refractivity contribution in [3.05, 3.63) is 168 Å². The molecule has 2 aromatic heterocycles. The fourth-order valence-electron chi connectivity index (χ4n) is 10.6. The minimum Gasteiger partial charge on any atom is -0.313 e. The van der Waals surface area contributed by atoms with Crippen molar-refractivity contribution < 1.29 is 0 Å². The van der Waals surface area contributed by atoms with Crippen LogP contribution in [0.2, 0.25) is 0 Å². The number of fused-ring (bicyclic) bond motifs is 8. The van der Waals surface area contributed by atoms with Gasteiger partial charge in [0.05, 0.1) is 11.0 Å². The molecule has 0 unspecified atom stereocenters. The molecule has 0 fully saturated rings. The molecule has 0 N–H and O–H groups in total. The molecule has 0 amide bonds. The summed E-state index contributed by atoms with van der Waals surface area (Å²) in [7, 11) is 0. The van der Waals surface area contributed by atoms with Gasteiger partial charge >= 0.3 is 0 Å². The molecule has 0 aliphatic heterocycles. The zero-order valence-corrected chi connectivity index (χ0v) is 33.0. The predicted octanol–water partition coefficient (Wildman–Crippen LogP) is 14.2. The van der Waals surface area contributed by atoms with Gasteiger partial charge < -0.3 is 9.13 Å². The van der Waals surface area contributed by atoms with Gasteiger partial charge in [0.15, 0.2) is 0 Å². The van der Waals surface area contributed by atoms with Gasteiger partial charge in [-0.2, -0.15) is 0 Å². The van der Waals surface area contributed by atoms with E-state index >= 15 is 0 Å². The number of hydrogen-bond acceptors (Lipinski definition) is 0. The van der Waals surface area contributed by atoms with Crippen LogP contribution in [0.5, 0.6) is 0 Å². The van der Waals surface area contributed by atoms with Crippen molar-refractivity contribution in [2.75, 3.05) is 0 Å². The van der Waals surface area contributed by atoms with Crippen molar-refractivity contribution in [1.29, 1.82) is 0 Å². The molecule has 11 rings (SSSR count). The Labute approximate surface area is 330 Å². The molecule has 2 aliphatic rings. The van der Waals surface area contributed by atoms with Crippen molar-refractivity contribution in [3.63, 3.8) is 0 Å². The minimum absolute atomic E-state index is 0.263. The number of nitrogens with zero attached hydrogens (tertiary/aromatic N) is 2. The van der Waals surface area contributed by atoms with Gasteiger partial charge in [0, 0.05) is 33.5 Å². The number of benzene rings is 7. The van der Waals surface area contributed by atoms with E-state index in [-0.39, 0.29) is 10.8 Å². The lowest BCUT2D eigenvalue weighted by atomic mass is 9.76. The molecule has 9 aromatic rings. The Morgan fingerprint density at radius 3 is 1.21 bits per heavy atom. The summed E-state index contributed by atoms with van der Waals surface area (Å²) in [5, 5.41) is 7.96. The summed E-state index contributed by atoms with van der Waals surface area (Å²) in [5.74, 6) is 0. The number of aryl methyl sites for hydroxylation is 2. The molecule has 56 heavy (non-hydrogen) atoms. The molecule has 0 saturated heterocycles. The van der Waals surface area contributed by atoms with Gasteiger partial charge in [-0.3, -0.25) is 0 Å². The Hall–Kier alpha value is -5.86. The van der Waals surface area contributed by atoms with Crippen LogP contribution in [0.25, 0.3) is 77.0 Å². The highest BCUT2D eigenvalue weighted by molar-refractivity contribution is 6.22. The van der Waals surface area contributed by atoms with Crippen molar-refractivity contribution >= 4 is 43.4 Å². The third-order valence-electron chi connectivity index (χ3n) is 13.3. The van der Waals surface area contributed by atoms with Gasteiger partial charge in [0.25, 0.3) is 0 Å². The van der Waals surface area contributed by atoms with Crippen molar-refractivity contribution in [1.82, 2.24) is 9.13 Å². The normalized spacial score (nSPS) is 16.1. The predicted molar refractivity (Wildman–Crippen MR) is 238 cm³/mol. The van der Waals surface area contributed by atoms with E-state index in [4.69, 9.17) is 0 Å². The van der Waals surface area contributed by atoms with E-state index in [0.717, 1.165) is 25.7 Å². The third kappa shape index (κ3) is 5.15. The van der Waals surface area contributed by atoms with E-state index in [0.29, 0.717) is 0 Å². The average molecular weight is 725 g/mol. The van der Waals surface area contributed by atoms with Crippen LogP contribution in [0.1, 0.15) is 63.1 Å². The lowest BCUT2D eigenvalue weighted by Gasteiger charge is -2.31. The second-order valence-corrected chi connectivity index (χ2v) is 18.2. The average Bonchev–Trinajstić information content (AvgIpc) is 3.70. The van der Waals surface area contributed by atoms with E-state index in [9.17, 15) is 0 Å². The van der Waals surface area contributed by atoms with Crippen LogP contribution < -0.4 is 0 Å². The van der Waals surface area contributed by atoms with E-state index in [1.165, 1.54) is 112 Å². The van der Waals surface area contributed by atoms with Crippen LogP contribution >= 0.6 is 0 Å². The maximum atomic E-state index is 2.59. The molecular formula is C54H48N2. The Morgan fingerprint density at radius 1 is 0.393 bits per heavy atom. The minimum atomic E-state index is 0.263. The summed E-state index contributed by atoms with van der Waals surface area (Å²) in [4.78, 5) is 0. The molecule has 0 bridgehead atoms. The van der Waals surface area contributed by atoms with Gasteiger partial charge in [0.1, 0.15) is 0 Å². The smallest absolute Gasteiger partial charge is 0.0534 e. The monoisotopic (exact) mass is 724 g/mol. The molecule has 0 radical (unpaired) electrons. The standard InChI is InChI=1S/C54H48N2/c1-53(2)29-27-41-39-19-11-13-21-47(39)55(49(41)33-53)37-23-25-43-45(31-37)51(35-15-7-5-8-16-35)44-26-24-38(32-46(44)52(43)36-17-9-6-10-18-36)56-48-22-14-12-20-40(48)42-28-30-54(3,4)34-50(42)56/h5-26,31-32H,27-30,33-34H2,1-4H3. The summed E-state index contributed by atoms with van der Waals surface area (Å²) in [6.07, 6.45) is 6.84. The van der Waals surface area contributed by atoms with Gasteiger partial charge in [-0.05, 0) is 141 Å². The zero-order chi connectivity index (χ0) is 37.8. The summed E-state index contributed by atoms with van der Waals surface area (Å²) in [6, 6.07) is 55.0. The van der Waals surface area contributed by atoms with Crippen LogP contribution in [0, 0.1) is 10.8 Å². The number of rotatable bonds is 4. The Bertz CT molecular complexity index is 2800. The SMILES string of the molecule is CC1(C)CCc2c(n(-c3ccc4c(-c5ccccc5)c5cc(-n6c7c(c8ccccc86)CCC(C)(C)C7)ccc5c(-c5ccccc5)c4c3)c3ccccc23)C1. The topological polar surface area (TPSA) is 9.86 Å². The third-order valence-corrected chi connectivity index (χ3v) is 13.3. The Morgan fingerprint density at radius 2 is 0.786 bits per heavy atom. The maximum Gasteiger partial charge on any atom is 0.0534 e. The van der Waals surface area contributed by atoms with Gasteiger partial charge in [0.2, 0.25) is 0 Å². The fraction of sp³-hybridized carbons (Fsp3) is 0.222. The first-order valence-electron chi connectivity index (χ1n) is 20.6. The van der Waals surface area contributed by atoms with E-state index in [1.54, 1.807) is 0 Å². The van der Waals surface area contributed by atoms with Crippen molar-refractivity contribution in [3.8, 4) is 33.6 Å². The molecule has 0 spiro atoms. The van der Waals surface area contributed by atoms with E-state index < -0.39 is 0 Å². The molecular weight excluding hydrogens is 677 g/mol. The van der Waals surface area contributed by atoms with Crippen LogP contribution in [0.3, 0.4) is 0 Å². The summed E-state index contributed by atoms with van der Waals surface area (Å²) < 4.78 is 5.19. The number of para-hydroxylation sites is 2. The Kier molecular flexibility index (Phi) is 7.37. The van der Waals surface area contributed by atoms with Gasteiger partial charge in [-0.15, -0.1) is 0 Å². The molecule has 0 saturated carbocycles. The lowest BCUT2D eigenvalue weighted by molar-refractivity contribution is 0.310. The van der Waals surface area contributed by atoms with Crippen molar-refractivity contribution in [2.24, 2.45) is 10.8 Å². The first kappa shape index (κ1) is 33.5. The largest absolute Gasteiger partial charge is 0.313 e. The van der Waals surface area contributed by atoms with Crippen LogP contribution in [-0.2, 0) is 25.7 Å².